The number of aromatic amines is 1. The number of rotatable bonds is 5. The molecule has 0 saturated carbocycles. The van der Waals surface area contributed by atoms with E-state index in [2.05, 4.69) is 42.6 Å². The highest BCUT2D eigenvalue weighted by molar-refractivity contribution is 5.84. The molecule has 3 heterocycles. The molecule has 0 spiro atoms. The Labute approximate surface area is 203 Å². The van der Waals surface area contributed by atoms with Gasteiger partial charge < -0.3 is 20.5 Å². The summed E-state index contributed by atoms with van der Waals surface area (Å²) in [5.74, 6) is 0.816. The minimum Gasteiger partial charge on any atom is -0.355 e. The molecule has 35 heavy (non-hydrogen) atoms. The summed E-state index contributed by atoms with van der Waals surface area (Å²) in [6.07, 6.45) is 7.86. The van der Waals surface area contributed by atoms with E-state index in [-0.39, 0.29) is 6.04 Å². The van der Waals surface area contributed by atoms with Crippen LogP contribution in [0.5, 0.6) is 0 Å². The number of anilines is 4. The molecule has 6 rings (SSSR count). The Kier molecular flexibility index (Phi) is 5.32. The van der Waals surface area contributed by atoms with Crippen molar-refractivity contribution in [2.75, 3.05) is 10.6 Å². The second-order valence-corrected chi connectivity index (χ2v) is 8.69. The molecule has 0 radical (unpaired) electrons. The van der Waals surface area contributed by atoms with Crippen LogP contribution in [0.15, 0.2) is 79.3 Å². The van der Waals surface area contributed by atoms with E-state index in [4.69, 9.17) is 11.6 Å². The molecule has 7 heteroatoms. The van der Waals surface area contributed by atoms with E-state index < -0.39 is 0 Å². The standard InChI is InChI=1S/C28H23N7/c1-29-20-5-7-24-23(16-20)25(11-14-31-24)33-22-6-8-26-27(17-22)35-28(34-26)18-3-2-4-21(15-18)32-19-9-12-30-13-10-19/h2-4,6,8-15,17,20H,5,7,16H2,(H,30,32)(H,31,33)(H,34,35). The average Bonchev–Trinajstić information content (AvgIpc) is 3.33. The Hall–Kier alpha value is -4.70. The smallest absolute Gasteiger partial charge is 0.228 e. The molecule has 2 aromatic carbocycles. The molecule has 0 bridgehead atoms. The molecule has 170 valence electrons. The molecule has 7 nitrogen and oxygen atoms in total. The molecule has 1 aliphatic carbocycles. The van der Waals surface area contributed by atoms with Crippen LogP contribution in [0.2, 0.25) is 0 Å². The third-order valence-corrected chi connectivity index (χ3v) is 6.35. The number of imidazole rings is 1. The van der Waals surface area contributed by atoms with Gasteiger partial charge in [-0.1, -0.05) is 12.1 Å². The fraction of sp³-hybridized carbons (Fsp3) is 0.143. The third kappa shape index (κ3) is 4.30. The summed E-state index contributed by atoms with van der Waals surface area (Å²) in [6, 6.07) is 20.2. The Balaban J connectivity index is 1.27. The zero-order valence-electron chi connectivity index (χ0n) is 19.0. The maximum absolute atomic E-state index is 7.43. The lowest BCUT2D eigenvalue weighted by atomic mass is 9.91. The number of hydrogen-bond acceptors (Lipinski definition) is 5. The summed E-state index contributed by atoms with van der Waals surface area (Å²) in [5, 5.41) is 6.95. The van der Waals surface area contributed by atoms with Gasteiger partial charge in [-0.15, -0.1) is 0 Å². The van der Waals surface area contributed by atoms with Crippen LogP contribution in [0.4, 0.5) is 22.7 Å². The van der Waals surface area contributed by atoms with Gasteiger partial charge in [0, 0.05) is 64.6 Å². The number of pyridine rings is 2. The molecule has 5 aromatic rings. The number of aromatic nitrogens is 4. The van der Waals surface area contributed by atoms with Gasteiger partial charge in [-0.25, -0.2) is 11.6 Å². The van der Waals surface area contributed by atoms with Crippen LogP contribution in [-0.2, 0) is 12.8 Å². The van der Waals surface area contributed by atoms with Gasteiger partial charge in [-0.2, -0.15) is 0 Å². The van der Waals surface area contributed by atoms with E-state index in [1.807, 2.05) is 54.7 Å². The summed E-state index contributed by atoms with van der Waals surface area (Å²) in [7, 11) is 0. The summed E-state index contributed by atoms with van der Waals surface area (Å²) in [6.45, 7) is 7.43. The van der Waals surface area contributed by atoms with Gasteiger partial charge in [0.2, 0.25) is 6.04 Å². The number of nitrogens with one attached hydrogen (secondary N) is 3. The van der Waals surface area contributed by atoms with Gasteiger partial charge in [0.15, 0.2) is 0 Å². The zero-order valence-corrected chi connectivity index (χ0v) is 19.0. The van der Waals surface area contributed by atoms with Gasteiger partial charge in [0.1, 0.15) is 5.82 Å². The first-order valence-corrected chi connectivity index (χ1v) is 11.6. The average molecular weight is 458 g/mol. The fourth-order valence-electron chi connectivity index (χ4n) is 4.57. The molecule has 0 fully saturated rings. The van der Waals surface area contributed by atoms with Crippen molar-refractivity contribution in [2.24, 2.45) is 0 Å². The maximum atomic E-state index is 7.43. The minimum atomic E-state index is 0.0358. The number of benzene rings is 2. The van der Waals surface area contributed by atoms with Gasteiger partial charge in [-0.3, -0.25) is 9.97 Å². The lowest BCUT2D eigenvalue weighted by Crippen LogP contribution is -2.18. The minimum absolute atomic E-state index is 0.0358. The van der Waals surface area contributed by atoms with Crippen LogP contribution in [-0.4, -0.2) is 26.0 Å². The normalized spacial score (nSPS) is 14.8. The molecule has 3 N–H and O–H groups in total. The molecule has 0 aliphatic heterocycles. The predicted molar refractivity (Wildman–Crippen MR) is 139 cm³/mol. The third-order valence-electron chi connectivity index (χ3n) is 6.35. The summed E-state index contributed by atoms with van der Waals surface area (Å²) < 4.78 is 0. The quantitative estimate of drug-likeness (QED) is 0.270. The second-order valence-electron chi connectivity index (χ2n) is 8.69. The Morgan fingerprint density at radius 2 is 1.80 bits per heavy atom. The molecule has 1 aliphatic rings. The van der Waals surface area contributed by atoms with Crippen LogP contribution in [0.1, 0.15) is 17.7 Å². The second kappa shape index (κ2) is 8.92. The van der Waals surface area contributed by atoms with Crippen molar-refractivity contribution in [1.82, 2.24) is 19.9 Å². The van der Waals surface area contributed by atoms with Crippen molar-refractivity contribution in [2.45, 2.75) is 25.3 Å². The monoisotopic (exact) mass is 457 g/mol. The molecule has 3 aromatic heterocycles. The van der Waals surface area contributed by atoms with Crippen LogP contribution < -0.4 is 10.6 Å². The van der Waals surface area contributed by atoms with Gasteiger partial charge in [-0.05, 0) is 55.0 Å². The van der Waals surface area contributed by atoms with E-state index in [1.165, 1.54) is 0 Å². The predicted octanol–water partition coefficient (Wildman–Crippen LogP) is 6.28. The van der Waals surface area contributed by atoms with Crippen LogP contribution >= 0.6 is 0 Å². The highest BCUT2D eigenvalue weighted by atomic mass is 14.9. The van der Waals surface area contributed by atoms with Crippen LogP contribution in [0, 0.1) is 6.57 Å². The lowest BCUT2D eigenvalue weighted by Gasteiger charge is -2.20. The lowest BCUT2D eigenvalue weighted by molar-refractivity contribution is 0.629. The van der Waals surface area contributed by atoms with Crippen molar-refractivity contribution >= 4 is 33.8 Å². The Bertz CT molecular complexity index is 1550. The molecular weight excluding hydrogens is 434 g/mol. The summed E-state index contributed by atoms with van der Waals surface area (Å²) >= 11 is 0. The Morgan fingerprint density at radius 1 is 0.914 bits per heavy atom. The topological polar surface area (TPSA) is 82.9 Å². The largest absolute Gasteiger partial charge is 0.355 e. The van der Waals surface area contributed by atoms with Crippen molar-refractivity contribution in [1.29, 1.82) is 0 Å². The van der Waals surface area contributed by atoms with E-state index in [0.717, 1.165) is 75.7 Å². The molecule has 1 atom stereocenters. The SMILES string of the molecule is [C-]#[N+]C1CCc2nccc(Nc3ccc4nc(-c5cccc(Nc6ccncc6)c5)[nH]c4c3)c2C1. The first kappa shape index (κ1) is 20.9. The maximum Gasteiger partial charge on any atom is 0.228 e. The highest BCUT2D eigenvalue weighted by Crippen LogP contribution is 2.31. The summed E-state index contributed by atoms with van der Waals surface area (Å²) in [4.78, 5) is 20.6. The number of aryl methyl sites for hydroxylation is 1. The Morgan fingerprint density at radius 3 is 2.69 bits per heavy atom. The zero-order chi connectivity index (χ0) is 23.6. The number of H-pyrrole nitrogens is 1. The highest BCUT2D eigenvalue weighted by Gasteiger charge is 2.25. The van der Waals surface area contributed by atoms with Gasteiger partial charge >= 0.3 is 0 Å². The van der Waals surface area contributed by atoms with Crippen molar-refractivity contribution in [3.63, 3.8) is 0 Å². The van der Waals surface area contributed by atoms with E-state index in [9.17, 15) is 0 Å². The van der Waals surface area contributed by atoms with Crippen molar-refractivity contribution in [3.05, 3.63) is 102 Å². The first-order valence-electron chi connectivity index (χ1n) is 11.6. The molecule has 0 saturated heterocycles. The van der Waals surface area contributed by atoms with Gasteiger partial charge in [0.05, 0.1) is 17.5 Å². The first-order chi connectivity index (χ1) is 17.2. The number of nitrogens with zero attached hydrogens (tertiary/aromatic N) is 4. The van der Waals surface area contributed by atoms with Crippen LogP contribution in [0.3, 0.4) is 0 Å². The van der Waals surface area contributed by atoms with Gasteiger partial charge in [0.25, 0.3) is 0 Å². The van der Waals surface area contributed by atoms with Crippen molar-refractivity contribution < 1.29 is 0 Å². The fourth-order valence-corrected chi connectivity index (χ4v) is 4.57. The van der Waals surface area contributed by atoms with E-state index >= 15 is 0 Å². The van der Waals surface area contributed by atoms with Crippen LogP contribution in [0.25, 0.3) is 27.3 Å². The molecular formula is C28H23N7. The number of fused-ring (bicyclic) bond motifs is 2. The number of hydrogen-bond donors (Lipinski definition) is 3. The summed E-state index contributed by atoms with van der Waals surface area (Å²) in [5.41, 5.74) is 9.08. The van der Waals surface area contributed by atoms with E-state index in [0.29, 0.717) is 0 Å². The van der Waals surface area contributed by atoms with Crippen molar-refractivity contribution in [3.8, 4) is 11.4 Å². The molecule has 1 unspecified atom stereocenters. The van der Waals surface area contributed by atoms with E-state index in [1.54, 1.807) is 12.4 Å². The molecule has 0 amide bonds.